The van der Waals surface area contributed by atoms with Crippen molar-refractivity contribution in [2.24, 2.45) is 0 Å². The van der Waals surface area contributed by atoms with Gasteiger partial charge in [-0.1, -0.05) is 28.1 Å². The zero-order valence-electron chi connectivity index (χ0n) is 10.9. The van der Waals surface area contributed by atoms with E-state index >= 15 is 0 Å². The van der Waals surface area contributed by atoms with Crippen LogP contribution in [0.3, 0.4) is 0 Å². The molecule has 1 aromatic carbocycles. The molecule has 0 saturated heterocycles. The van der Waals surface area contributed by atoms with Crippen LogP contribution in [0.1, 0.15) is 38.1 Å². The molecule has 2 nitrogen and oxygen atoms in total. The monoisotopic (exact) mass is 307 g/mol. The number of halogens is 1. The average molecular weight is 308 g/mol. The van der Waals surface area contributed by atoms with Crippen molar-refractivity contribution in [2.75, 3.05) is 0 Å². The van der Waals surface area contributed by atoms with E-state index in [0.29, 0.717) is 0 Å². The molecule has 1 heterocycles. The van der Waals surface area contributed by atoms with Gasteiger partial charge in [0.25, 0.3) is 0 Å². The van der Waals surface area contributed by atoms with E-state index in [4.69, 9.17) is 4.42 Å². The van der Waals surface area contributed by atoms with Crippen LogP contribution in [0.4, 0.5) is 0 Å². The predicted octanol–water partition coefficient (Wildman–Crippen LogP) is 4.63. The first kappa shape index (κ1) is 13.4. The molecule has 0 radical (unpaired) electrons. The Bertz CT molecular complexity index is 488. The van der Waals surface area contributed by atoms with Crippen molar-refractivity contribution >= 4 is 15.9 Å². The number of benzene rings is 1. The third kappa shape index (κ3) is 3.03. The molecule has 1 atom stereocenters. The molecule has 0 saturated carbocycles. The summed E-state index contributed by atoms with van der Waals surface area (Å²) in [6.07, 6.45) is 1.71. The Morgan fingerprint density at radius 2 is 1.83 bits per heavy atom. The van der Waals surface area contributed by atoms with Crippen LogP contribution in [0.15, 0.2) is 51.6 Å². The molecular weight excluding hydrogens is 290 g/mol. The van der Waals surface area contributed by atoms with E-state index in [1.165, 1.54) is 5.56 Å². The van der Waals surface area contributed by atoms with E-state index in [1.54, 1.807) is 6.26 Å². The van der Waals surface area contributed by atoms with Gasteiger partial charge in [0, 0.05) is 10.0 Å². The molecule has 96 valence electrons. The predicted molar refractivity (Wildman–Crippen MR) is 77.4 cm³/mol. The topological polar surface area (TPSA) is 25.2 Å². The Kier molecular flexibility index (Phi) is 3.93. The van der Waals surface area contributed by atoms with E-state index in [1.807, 2.05) is 12.1 Å². The molecule has 0 bridgehead atoms. The van der Waals surface area contributed by atoms with Crippen molar-refractivity contribution in [3.8, 4) is 0 Å². The Morgan fingerprint density at radius 3 is 2.39 bits per heavy atom. The summed E-state index contributed by atoms with van der Waals surface area (Å²) in [5.74, 6) is 0.959. The zero-order chi connectivity index (χ0) is 13.2. The summed E-state index contributed by atoms with van der Waals surface area (Å²) >= 11 is 3.46. The molecule has 1 unspecified atom stereocenters. The van der Waals surface area contributed by atoms with Crippen LogP contribution in [0.25, 0.3) is 0 Å². The summed E-state index contributed by atoms with van der Waals surface area (Å²) in [4.78, 5) is 0. The number of hydrogen-bond donors (Lipinski definition) is 1. The zero-order valence-corrected chi connectivity index (χ0v) is 12.5. The molecule has 1 aromatic heterocycles. The molecule has 2 aromatic rings. The van der Waals surface area contributed by atoms with Gasteiger partial charge in [-0.25, -0.2) is 0 Å². The molecule has 0 aliphatic heterocycles. The molecule has 18 heavy (non-hydrogen) atoms. The molecule has 0 aliphatic carbocycles. The normalized spacial score (nSPS) is 13.6. The maximum absolute atomic E-state index is 5.43. The maximum atomic E-state index is 5.43. The van der Waals surface area contributed by atoms with Gasteiger partial charge in [-0.05, 0) is 50.6 Å². The lowest BCUT2D eigenvalue weighted by atomic mass is 9.93. The van der Waals surface area contributed by atoms with Gasteiger partial charge in [0.2, 0.25) is 0 Å². The third-order valence-electron chi connectivity index (χ3n) is 3.11. The van der Waals surface area contributed by atoms with E-state index in [9.17, 15) is 0 Å². The van der Waals surface area contributed by atoms with Gasteiger partial charge in [-0.15, -0.1) is 0 Å². The van der Waals surface area contributed by atoms with Gasteiger partial charge in [0.05, 0.1) is 12.3 Å². The largest absolute Gasteiger partial charge is 0.468 e. The van der Waals surface area contributed by atoms with Crippen molar-refractivity contribution in [3.05, 3.63) is 58.5 Å². The Balaban J connectivity index is 2.14. The Morgan fingerprint density at radius 1 is 1.17 bits per heavy atom. The van der Waals surface area contributed by atoms with Gasteiger partial charge in [-0.3, -0.25) is 5.32 Å². The smallest absolute Gasteiger partial charge is 0.120 e. The quantitative estimate of drug-likeness (QED) is 0.891. The summed E-state index contributed by atoms with van der Waals surface area (Å²) in [5, 5.41) is 3.59. The lowest BCUT2D eigenvalue weighted by Crippen LogP contribution is -2.38. The van der Waals surface area contributed by atoms with Crippen LogP contribution in [-0.2, 0) is 5.54 Å². The highest BCUT2D eigenvalue weighted by Gasteiger charge is 2.23. The van der Waals surface area contributed by atoms with Crippen LogP contribution in [-0.4, -0.2) is 0 Å². The van der Waals surface area contributed by atoms with E-state index in [0.717, 1.165) is 10.2 Å². The molecule has 2 rings (SSSR count). The fourth-order valence-electron chi connectivity index (χ4n) is 2.10. The Hall–Kier alpha value is -1.06. The first-order valence-corrected chi connectivity index (χ1v) is 6.85. The first-order valence-electron chi connectivity index (χ1n) is 6.06. The molecule has 0 aliphatic rings. The van der Waals surface area contributed by atoms with E-state index in [-0.39, 0.29) is 11.6 Å². The van der Waals surface area contributed by atoms with Crippen molar-refractivity contribution < 1.29 is 4.42 Å². The van der Waals surface area contributed by atoms with Gasteiger partial charge in [0.15, 0.2) is 0 Å². The lowest BCUT2D eigenvalue weighted by Gasteiger charge is -2.30. The second-order valence-corrected chi connectivity index (χ2v) is 5.93. The summed E-state index contributed by atoms with van der Waals surface area (Å²) < 4.78 is 6.52. The highest BCUT2D eigenvalue weighted by Crippen LogP contribution is 2.26. The number of furan rings is 1. The van der Waals surface area contributed by atoms with Crippen molar-refractivity contribution in [3.63, 3.8) is 0 Å². The highest BCUT2D eigenvalue weighted by atomic mass is 79.9. The van der Waals surface area contributed by atoms with Gasteiger partial charge < -0.3 is 4.42 Å². The fraction of sp³-hybridized carbons (Fsp3) is 0.333. The minimum Gasteiger partial charge on any atom is -0.468 e. The second kappa shape index (κ2) is 5.29. The minimum atomic E-state index is -0.104. The van der Waals surface area contributed by atoms with Crippen LogP contribution in [0, 0.1) is 0 Å². The Labute approximate surface area is 117 Å². The summed E-state index contributed by atoms with van der Waals surface area (Å²) in [7, 11) is 0. The summed E-state index contributed by atoms with van der Waals surface area (Å²) in [6.45, 7) is 6.46. The van der Waals surface area contributed by atoms with Crippen LogP contribution >= 0.6 is 15.9 Å². The van der Waals surface area contributed by atoms with E-state index < -0.39 is 0 Å². The molecule has 0 amide bonds. The van der Waals surface area contributed by atoms with Crippen molar-refractivity contribution in [1.82, 2.24) is 5.32 Å². The molecule has 0 fully saturated rings. The molecule has 0 spiro atoms. The molecular formula is C15H18BrNO. The third-order valence-corrected chi connectivity index (χ3v) is 3.64. The fourth-order valence-corrected chi connectivity index (χ4v) is 2.36. The number of nitrogens with one attached hydrogen (secondary N) is 1. The highest BCUT2D eigenvalue weighted by molar-refractivity contribution is 9.10. The minimum absolute atomic E-state index is 0.104. The van der Waals surface area contributed by atoms with Gasteiger partial charge in [0.1, 0.15) is 5.76 Å². The number of hydrogen-bond acceptors (Lipinski definition) is 2. The maximum Gasteiger partial charge on any atom is 0.120 e. The second-order valence-electron chi connectivity index (χ2n) is 5.01. The average Bonchev–Trinajstić information content (AvgIpc) is 2.82. The number of rotatable bonds is 4. The molecule has 1 N–H and O–H groups in total. The van der Waals surface area contributed by atoms with Crippen LogP contribution < -0.4 is 5.32 Å². The van der Waals surface area contributed by atoms with Crippen LogP contribution in [0.2, 0.25) is 0 Å². The first-order chi connectivity index (χ1) is 8.49. The standard InChI is InChI=1S/C15H18BrNO/c1-11(14-5-4-10-18-14)17-15(2,3)12-6-8-13(16)9-7-12/h4-11,17H,1-3H3. The molecule has 3 heteroatoms. The summed E-state index contributed by atoms with van der Waals surface area (Å²) in [6, 6.07) is 12.5. The van der Waals surface area contributed by atoms with Crippen LogP contribution in [0.5, 0.6) is 0 Å². The lowest BCUT2D eigenvalue weighted by molar-refractivity contribution is 0.323. The van der Waals surface area contributed by atoms with E-state index in [2.05, 4.69) is 66.3 Å². The summed E-state index contributed by atoms with van der Waals surface area (Å²) in [5.41, 5.74) is 1.15. The van der Waals surface area contributed by atoms with Crippen molar-refractivity contribution in [1.29, 1.82) is 0 Å². The van der Waals surface area contributed by atoms with Crippen molar-refractivity contribution in [2.45, 2.75) is 32.4 Å². The van der Waals surface area contributed by atoms with Gasteiger partial charge in [-0.2, -0.15) is 0 Å². The SMILES string of the molecule is CC(NC(C)(C)c1ccc(Br)cc1)c1ccco1. The van der Waals surface area contributed by atoms with Gasteiger partial charge >= 0.3 is 0 Å².